The van der Waals surface area contributed by atoms with E-state index >= 15 is 0 Å². The molecule has 0 aromatic heterocycles. The van der Waals surface area contributed by atoms with Gasteiger partial charge in [-0.1, -0.05) is 18.2 Å². The molecule has 0 aliphatic carbocycles. The van der Waals surface area contributed by atoms with Gasteiger partial charge in [-0.25, -0.2) is 0 Å². The van der Waals surface area contributed by atoms with Crippen LogP contribution in [0.2, 0.25) is 0 Å². The molecule has 4 nitrogen and oxygen atoms in total. The van der Waals surface area contributed by atoms with Crippen LogP contribution in [0.3, 0.4) is 0 Å². The number of amides is 1. The Morgan fingerprint density at radius 2 is 2.00 bits per heavy atom. The van der Waals surface area contributed by atoms with E-state index in [1.165, 1.54) is 18.9 Å². The van der Waals surface area contributed by atoms with Crippen LogP contribution in [-0.4, -0.2) is 30.8 Å². The molecule has 0 saturated carbocycles. The van der Waals surface area contributed by atoms with Crippen molar-refractivity contribution in [3.05, 3.63) is 30.3 Å². The highest BCUT2D eigenvalue weighted by Gasteiger charge is 2.12. The Morgan fingerprint density at radius 1 is 1.33 bits per heavy atom. The first-order chi connectivity index (χ1) is 8.61. The third kappa shape index (κ3) is 5.72. The maximum atomic E-state index is 11.6. The number of esters is 1. The first kappa shape index (κ1) is 14.6. The van der Waals surface area contributed by atoms with Gasteiger partial charge in [-0.05, 0) is 19.1 Å². The average Bonchev–Trinajstić information content (AvgIpc) is 2.37. The smallest absolute Gasteiger partial charge is 0.307 e. The summed E-state index contributed by atoms with van der Waals surface area (Å²) in [7, 11) is 1.34. The Balaban J connectivity index is 2.27. The van der Waals surface area contributed by atoms with Gasteiger partial charge in [0.2, 0.25) is 5.91 Å². The van der Waals surface area contributed by atoms with E-state index in [-0.39, 0.29) is 24.3 Å². The summed E-state index contributed by atoms with van der Waals surface area (Å²) in [6, 6.07) is 9.50. The molecule has 1 amide bonds. The Morgan fingerprint density at radius 3 is 2.61 bits per heavy atom. The fraction of sp³-hybridized carbons (Fsp3) is 0.385. The van der Waals surface area contributed by atoms with Crippen LogP contribution in [-0.2, 0) is 14.3 Å². The average molecular weight is 267 g/mol. The van der Waals surface area contributed by atoms with Gasteiger partial charge in [0, 0.05) is 10.9 Å². The Hall–Kier alpha value is -1.49. The molecular weight excluding hydrogens is 250 g/mol. The molecule has 1 rings (SSSR count). The van der Waals surface area contributed by atoms with Crippen molar-refractivity contribution in [2.75, 3.05) is 12.9 Å². The molecule has 1 atom stereocenters. The van der Waals surface area contributed by atoms with Gasteiger partial charge in [0.25, 0.3) is 0 Å². The maximum absolute atomic E-state index is 11.6. The zero-order valence-electron chi connectivity index (χ0n) is 10.5. The minimum atomic E-state index is -0.321. The molecule has 0 fully saturated rings. The lowest BCUT2D eigenvalue weighted by Crippen LogP contribution is -2.35. The van der Waals surface area contributed by atoms with E-state index in [0.717, 1.165) is 4.90 Å². The maximum Gasteiger partial charge on any atom is 0.307 e. The SMILES string of the molecule is COC(=O)CC(C)NC(=O)CSc1ccccc1. The first-order valence-corrected chi connectivity index (χ1v) is 6.64. The largest absolute Gasteiger partial charge is 0.469 e. The van der Waals surface area contributed by atoms with Gasteiger partial charge in [0.1, 0.15) is 0 Å². The van der Waals surface area contributed by atoms with Crippen LogP contribution in [0.25, 0.3) is 0 Å². The van der Waals surface area contributed by atoms with Crippen molar-refractivity contribution in [3.8, 4) is 0 Å². The highest BCUT2D eigenvalue weighted by atomic mass is 32.2. The molecule has 0 spiro atoms. The second-order valence-corrected chi connectivity index (χ2v) is 4.90. The summed E-state index contributed by atoms with van der Waals surface area (Å²) in [5, 5.41) is 2.75. The minimum absolute atomic E-state index is 0.0831. The van der Waals surface area contributed by atoms with Crippen molar-refractivity contribution >= 4 is 23.6 Å². The van der Waals surface area contributed by atoms with E-state index < -0.39 is 0 Å². The molecule has 5 heteroatoms. The lowest BCUT2D eigenvalue weighted by atomic mass is 10.2. The monoisotopic (exact) mass is 267 g/mol. The number of benzene rings is 1. The minimum Gasteiger partial charge on any atom is -0.469 e. The standard InChI is InChI=1S/C13H17NO3S/c1-10(8-13(16)17-2)14-12(15)9-18-11-6-4-3-5-7-11/h3-7,10H,8-9H2,1-2H3,(H,14,15). The summed E-state index contributed by atoms with van der Waals surface area (Å²) in [6.07, 6.45) is 0.193. The van der Waals surface area contributed by atoms with Gasteiger partial charge in [0.15, 0.2) is 0 Å². The molecule has 1 aromatic carbocycles. The predicted molar refractivity (Wildman–Crippen MR) is 71.4 cm³/mol. The van der Waals surface area contributed by atoms with Gasteiger partial charge in [-0.2, -0.15) is 0 Å². The van der Waals surface area contributed by atoms with Crippen LogP contribution in [0.15, 0.2) is 35.2 Å². The number of carbonyl (C=O) groups is 2. The molecule has 1 unspecified atom stereocenters. The van der Waals surface area contributed by atoms with Crippen LogP contribution in [0, 0.1) is 0 Å². The fourth-order valence-electron chi connectivity index (χ4n) is 1.37. The van der Waals surface area contributed by atoms with E-state index in [2.05, 4.69) is 10.1 Å². The van der Waals surface area contributed by atoms with Gasteiger partial charge in [0.05, 0.1) is 19.3 Å². The summed E-state index contributed by atoms with van der Waals surface area (Å²) in [4.78, 5) is 23.7. The zero-order valence-corrected chi connectivity index (χ0v) is 11.3. The van der Waals surface area contributed by atoms with E-state index in [4.69, 9.17) is 0 Å². The second-order valence-electron chi connectivity index (χ2n) is 3.85. The summed E-state index contributed by atoms with van der Waals surface area (Å²) in [5.41, 5.74) is 0. The molecule has 0 heterocycles. The molecule has 0 aliphatic rings. The number of nitrogens with one attached hydrogen (secondary N) is 1. The Kier molecular flexibility index (Phi) is 6.28. The number of carbonyl (C=O) groups excluding carboxylic acids is 2. The number of hydrogen-bond acceptors (Lipinski definition) is 4. The van der Waals surface area contributed by atoms with Crippen molar-refractivity contribution in [3.63, 3.8) is 0 Å². The molecule has 0 saturated heterocycles. The summed E-state index contributed by atoms with van der Waals surface area (Å²) in [6.45, 7) is 1.78. The lowest BCUT2D eigenvalue weighted by molar-refractivity contribution is -0.141. The Bertz CT molecular complexity index is 394. The second kappa shape index (κ2) is 7.76. The van der Waals surface area contributed by atoms with Crippen LogP contribution in [0.1, 0.15) is 13.3 Å². The highest BCUT2D eigenvalue weighted by Crippen LogP contribution is 2.16. The normalized spacial score (nSPS) is 11.7. The molecule has 1 aromatic rings. The highest BCUT2D eigenvalue weighted by molar-refractivity contribution is 8.00. The lowest BCUT2D eigenvalue weighted by Gasteiger charge is -2.12. The van der Waals surface area contributed by atoms with Crippen LogP contribution in [0.4, 0.5) is 0 Å². The van der Waals surface area contributed by atoms with E-state index in [9.17, 15) is 9.59 Å². The molecule has 98 valence electrons. The van der Waals surface area contributed by atoms with Gasteiger partial charge in [-0.15, -0.1) is 11.8 Å². The summed E-state index contributed by atoms with van der Waals surface area (Å²) >= 11 is 1.47. The summed E-state index contributed by atoms with van der Waals surface area (Å²) < 4.78 is 4.54. The number of methoxy groups -OCH3 is 1. The van der Waals surface area contributed by atoms with E-state index in [1.807, 2.05) is 30.3 Å². The third-order valence-corrected chi connectivity index (χ3v) is 3.23. The predicted octanol–water partition coefficient (Wildman–Crippen LogP) is 1.85. The number of ether oxygens (including phenoxy) is 1. The van der Waals surface area contributed by atoms with Crippen molar-refractivity contribution < 1.29 is 14.3 Å². The zero-order chi connectivity index (χ0) is 13.4. The fourth-order valence-corrected chi connectivity index (χ4v) is 2.10. The number of hydrogen-bond donors (Lipinski definition) is 1. The summed E-state index contributed by atoms with van der Waals surface area (Å²) in [5.74, 6) is -0.0611. The Labute approximate surface area is 111 Å². The van der Waals surface area contributed by atoms with Crippen molar-refractivity contribution in [1.29, 1.82) is 0 Å². The molecule has 0 radical (unpaired) electrons. The molecule has 0 bridgehead atoms. The van der Waals surface area contributed by atoms with E-state index in [1.54, 1.807) is 6.92 Å². The first-order valence-electron chi connectivity index (χ1n) is 5.66. The van der Waals surface area contributed by atoms with E-state index in [0.29, 0.717) is 5.75 Å². The van der Waals surface area contributed by atoms with Crippen molar-refractivity contribution in [2.45, 2.75) is 24.3 Å². The van der Waals surface area contributed by atoms with Crippen LogP contribution < -0.4 is 5.32 Å². The molecule has 1 N–H and O–H groups in total. The molecule has 0 aliphatic heterocycles. The van der Waals surface area contributed by atoms with Gasteiger partial charge in [-0.3, -0.25) is 9.59 Å². The molecule has 18 heavy (non-hydrogen) atoms. The topological polar surface area (TPSA) is 55.4 Å². The van der Waals surface area contributed by atoms with Gasteiger partial charge >= 0.3 is 5.97 Å². The van der Waals surface area contributed by atoms with Crippen LogP contribution >= 0.6 is 11.8 Å². The molecular formula is C13H17NO3S. The number of rotatable bonds is 6. The van der Waals surface area contributed by atoms with Crippen LogP contribution in [0.5, 0.6) is 0 Å². The number of thioether (sulfide) groups is 1. The van der Waals surface area contributed by atoms with Crippen molar-refractivity contribution in [1.82, 2.24) is 5.32 Å². The quantitative estimate of drug-likeness (QED) is 0.631. The van der Waals surface area contributed by atoms with Gasteiger partial charge < -0.3 is 10.1 Å². The third-order valence-electron chi connectivity index (χ3n) is 2.22. The van der Waals surface area contributed by atoms with Crippen molar-refractivity contribution in [2.24, 2.45) is 0 Å².